The van der Waals surface area contributed by atoms with Crippen molar-refractivity contribution in [2.45, 2.75) is 25.3 Å². The Morgan fingerprint density at radius 2 is 2.22 bits per heavy atom. The average Bonchev–Trinajstić information content (AvgIpc) is 3.13. The van der Waals surface area contributed by atoms with E-state index in [0.29, 0.717) is 29.2 Å². The molecule has 0 spiro atoms. The van der Waals surface area contributed by atoms with Crippen LogP contribution in [0.15, 0.2) is 22.9 Å². The van der Waals surface area contributed by atoms with Crippen molar-refractivity contribution in [2.75, 3.05) is 6.54 Å². The first kappa shape index (κ1) is 13.0. The van der Waals surface area contributed by atoms with Gasteiger partial charge in [-0.3, -0.25) is 9.59 Å². The van der Waals surface area contributed by atoms with Gasteiger partial charge in [0.1, 0.15) is 4.60 Å². The van der Waals surface area contributed by atoms with E-state index in [1.165, 1.54) is 0 Å². The van der Waals surface area contributed by atoms with Crippen LogP contribution in [-0.2, 0) is 4.79 Å². The molecular weight excluding hydrogens is 298 g/mol. The van der Waals surface area contributed by atoms with E-state index < -0.39 is 0 Å². The lowest BCUT2D eigenvalue weighted by Gasteiger charge is -2.06. The number of rotatable bonds is 5. The Kier molecular flexibility index (Phi) is 4.30. The van der Waals surface area contributed by atoms with Gasteiger partial charge >= 0.3 is 0 Å². The zero-order valence-electron chi connectivity index (χ0n) is 9.78. The van der Waals surface area contributed by atoms with Gasteiger partial charge in [0.15, 0.2) is 0 Å². The molecule has 1 aromatic heterocycles. The third kappa shape index (κ3) is 3.80. The largest absolute Gasteiger partial charge is 0.353 e. The Morgan fingerprint density at radius 3 is 2.89 bits per heavy atom. The third-order valence-corrected chi connectivity index (χ3v) is 3.22. The summed E-state index contributed by atoms with van der Waals surface area (Å²) in [4.78, 5) is 27.1. The van der Waals surface area contributed by atoms with Crippen molar-refractivity contribution in [3.8, 4) is 0 Å². The SMILES string of the molecule is O=C(CCNC(=O)c1cccnc1Br)NC1CC1. The number of pyridine rings is 1. The van der Waals surface area contributed by atoms with E-state index in [-0.39, 0.29) is 11.8 Å². The molecule has 2 amide bonds. The van der Waals surface area contributed by atoms with E-state index in [0.717, 1.165) is 12.8 Å². The summed E-state index contributed by atoms with van der Waals surface area (Å²) in [5.41, 5.74) is 0.472. The van der Waals surface area contributed by atoms with Crippen molar-refractivity contribution in [3.05, 3.63) is 28.5 Å². The van der Waals surface area contributed by atoms with E-state index in [1.54, 1.807) is 18.3 Å². The molecule has 0 saturated heterocycles. The van der Waals surface area contributed by atoms with Crippen molar-refractivity contribution < 1.29 is 9.59 Å². The highest BCUT2D eigenvalue weighted by atomic mass is 79.9. The number of carbonyl (C=O) groups is 2. The normalized spacial score (nSPS) is 14.1. The van der Waals surface area contributed by atoms with Crippen LogP contribution in [0.3, 0.4) is 0 Å². The first-order valence-electron chi connectivity index (χ1n) is 5.85. The summed E-state index contributed by atoms with van der Waals surface area (Å²) in [5.74, 6) is -0.239. The van der Waals surface area contributed by atoms with E-state index >= 15 is 0 Å². The predicted molar refractivity (Wildman–Crippen MR) is 70.1 cm³/mol. The number of aromatic nitrogens is 1. The molecule has 1 heterocycles. The third-order valence-electron chi connectivity index (χ3n) is 2.58. The molecule has 0 aliphatic heterocycles. The Hall–Kier alpha value is -1.43. The Bertz CT molecular complexity index is 460. The summed E-state index contributed by atoms with van der Waals surface area (Å²) < 4.78 is 0.505. The molecule has 1 fully saturated rings. The van der Waals surface area contributed by atoms with Crippen molar-refractivity contribution in [3.63, 3.8) is 0 Å². The maximum Gasteiger partial charge on any atom is 0.254 e. The summed E-state index contributed by atoms with van der Waals surface area (Å²) in [6, 6.07) is 3.73. The van der Waals surface area contributed by atoms with Gasteiger partial charge in [-0.25, -0.2) is 4.98 Å². The van der Waals surface area contributed by atoms with Crippen LogP contribution >= 0.6 is 15.9 Å². The van der Waals surface area contributed by atoms with E-state index in [1.807, 2.05) is 0 Å². The molecule has 0 atom stereocenters. The fourth-order valence-corrected chi connectivity index (χ4v) is 1.90. The first-order valence-corrected chi connectivity index (χ1v) is 6.64. The molecule has 1 aliphatic rings. The molecule has 2 rings (SSSR count). The number of amides is 2. The van der Waals surface area contributed by atoms with Crippen LogP contribution in [0.1, 0.15) is 29.6 Å². The first-order chi connectivity index (χ1) is 8.66. The van der Waals surface area contributed by atoms with Gasteiger partial charge in [0.2, 0.25) is 5.91 Å². The van der Waals surface area contributed by atoms with Crippen LogP contribution < -0.4 is 10.6 Å². The molecule has 1 saturated carbocycles. The van der Waals surface area contributed by atoms with Crippen LogP contribution in [0.25, 0.3) is 0 Å². The highest BCUT2D eigenvalue weighted by molar-refractivity contribution is 9.10. The zero-order chi connectivity index (χ0) is 13.0. The molecule has 96 valence electrons. The van der Waals surface area contributed by atoms with Gasteiger partial charge < -0.3 is 10.6 Å². The van der Waals surface area contributed by atoms with Crippen LogP contribution in [0.2, 0.25) is 0 Å². The summed E-state index contributed by atoms with van der Waals surface area (Å²) in [6.07, 6.45) is 4.05. The lowest BCUT2D eigenvalue weighted by atomic mass is 10.2. The smallest absolute Gasteiger partial charge is 0.254 e. The summed E-state index contributed by atoms with van der Waals surface area (Å²) in [6.45, 7) is 0.332. The van der Waals surface area contributed by atoms with Crippen LogP contribution in [0.5, 0.6) is 0 Å². The molecule has 0 radical (unpaired) electrons. The van der Waals surface area contributed by atoms with E-state index in [4.69, 9.17) is 0 Å². The number of halogens is 1. The zero-order valence-corrected chi connectivity index (χ0v) is 11.4. The number of nitrogens with zero attached hydrogens (tertiary/aromatic N) is 1. The van der Waals surface area contributed by atoms with Crippen LogP contribution in [0.4, 0.5) is 0 Å². The fourth-order valence-electron chi connectivity index (χ4n) is 1.47. The van der Waals surface area contributed by atoms with Gasteiger partial charge in [0.05, 0.1) is 5.56 Å². The monoisotopic (exact) mass is 311 g/mol. The molecule has 1 aromatic rings. The number of nitrogens with one attached hydrogen (secondary N) is 2. The minimum atomic E-state index is -0.228. The molecular formula is C12H14BrN3O2. The van der Waals surface area contributed by atoms with Crippen molar-refractivity contribution in [2.24, 2.45) is 0 Å². The maximum absolute atomic E-state index is 11.8. The molecule has 6 heteroatoms. The highest BCUT2D eigenvalue weighted by Crippen LogP contribution is 2.18. The van der Waals surface area contributed by atoms with Gasteiger partial charge in [-0.2, -0.15) is 0 Å². The van der Waals surface area contributed by atoms with Gasteiger partial charge in [-0.15, -0.1) is 0 Å². The second-order valence-electron chi connectivity index (χ2n) is 4.19. The van der Waals surface area contributed by atoms with Gasteiger partial charge in [0, 0.05) is 25.2 Å². The van der Waals surface area contributed by atoms with Gasteiger partial charge in [-0.1, -0.05) is 0 Å². The summed E-state index contributed by atoms with van der Waals surface area (Å²) in [5, 5.41) is 5.56. The van der Waals surface area contributed by atoms with Gasteiger partial charge in [-0.05, 0) is 40.9 Å². The lowest BCUT2D eigenvalue weighted by Crippen LogP contribution is -2.31. The average molecular weight is 312 g/mol. The molecule has 0 bridgehead atoms. The second-order valence-corrected chi connectivity index (χ2v) is 4.94. The predicted octanol–water partition coefficient (Wildman–Crippen LogP) is 1.24. The molecule has 0 aromatic carbocycles. The maximum atomic E-state index is 11.8. The standard InChI is InChI=1S/C12H14BrN3O2/c13-11-9(2-1-6-14-11)12(18)15-7-5-10(17)16-8-3-4-8/h1-2,6,8H,3-5,7H2,(H,15,18)(H,16,17). The van der Waals surface area contributed by atoms with Gasteiger partial charge in [0.25, 0.3) is 5.91 Å². The summed E-state index contributed by atoms with van der Waals surface area (Å²) >= 11 is 3.21. The highest BCUT2D eigenvalue weighted by Gasteiger charge is 2.22. The molecule has 0 unspecified atom stereocenters. The minimum absolute atomic E-state index is 0.0111. The number of hydrogen-bond acceptors (Lipinski definition) is 3. The quantitative estimate of drug-likeness (QED) is 0.804. The molecule has 18 heavy (non-hydrogen) atoms. The number of carbonyl (C=O) groups excluding carboxylic acids is 2. The summed E-state index contributed by atoms with van der Waals surface area (Å²) in [7, 11) is 0. The minimum Gasteiger partial charge on any atom is -0.353 e. The van der Waals surface area contributed by atoms with Crippen molar-refractivity contribution >= 4 is 27.7 Å². The topological polar surface area (TPSA) is 71.1 Å². The lowest BCUT2D eigenvalue weighted by molar-refractivity contribution is -0.121. The van der Waals surface area contributed by atoms with Crippen molar-refractivity contribution in [1.29, 1.82) is 0 Å². The van der Waals surface area contributed by atoms with Crippen LogP contribution in [-0.4, -0.2) is 29.4 Å². The Morgan fingerprint density at radius 1 is 1.44 bits per heavy atom. The second kappa shape index (κ2) is 5.95. The molecule has 2 N–H and O–H groups in total. The van der Waals surface area contributed by atoms with E-state index in [9.17, 15) is 9.59 Å². The Labute approximate surface area is 113 Å². The van der Waals surface area contributed by atoms with E-state index in [2.05, 4.69) is 31.5 Å². The van der Waals surface area contributed by atoms with Crippen molar-refractivity contribution in [1.82, 2.24) is 15.6 Å². The number of hydrogen-bond donors (Lipinski definition) is 2. The fraction of sp³-hybridized carbons (Fsp3) is 0.417. The van der Waals surface area contributed by atoms with Crippen LogP contribution in [0, 0.1) is 0 Å². The Balaban J connectivity index is 1.74. The molecule has 5 nitrogen and oxygen atoms in total. The molecule has 1 aliphatic carbocycles.